The molecule has 0 bridgehead atoms. The van der Waals surface area contributed by atoms with Crippen molar-refractivity contribution in [3.63, 3.8) is 0 Å². The van der Waals surface area contributed by atoms with Crippen molar-refractivity contribution in [3.8, 4) is 0 Å². The fourth-order valence-electron chi connectivity index (χ4n) is 3.30. The Bertz CT molecular complexity index is 1200. The van der Waals surface area contributed by atoms with Crippen LogP contribution in [-0.4, -0.2) is 47.9 Å². The van der Waals surface area contributed by atoms with Crippen molar-refractivity contribution in [1.82, 2.24) is 15.4 Å². The molecule has 2 N–H and O–H groups in total. The molecule has 2 amide bonds. The third-order valence-electron chi connectivity index (χ3n) is 5.01. The van der Waals surface area contributed by atoms with Crippen LogP contribution in [0.4, 0.5) is 19.4 Å². The standard InChI is InChI=1S/C24H25ClF2N4O4/c1-3-34-13-20(31(15(2)32)29-12-17-5-4-6-21(27)23(17)25)14-35-24(33)30-22-10-18-9-19(26)8-7-16(18)11-28-22/h4-11,20,29H,3,12-14H2,1-2H3,(H,28,30,33)/t20-/m0/s1. The number of nitrogens with zero attached hydrogens (tertiary/aromatic N) is 2. The molecule has 0 unspecified atom stereocenters. The molecule has 0 spiro atoms. The van der Waals surface area contributed by atoms with E-state index in [0.717, 1.165) is 0 Å². The quantitative estimate of drug-likeness (QED) is 0.388. The average Bonchev–Trinajstić information content (AvgIpc) is 2.82. The van der Waals surface area contributed by atoms with Crippen LogP contribution in [0.2, 0.25) is 5.02 Å². The summed E-state index contributed by atoms with van der Waals surface area (Å²) in [5.74, 6) is -1.18. The van der Waals surface area contributed by atoms with E-state index >= 15 is 0 Å². The van der Waals surface area contributed by atoms with Gasteiger partial charge >= 0.3 is 6.09 Å². The second kappa shape index (κ2) is 12.4. The molecule has 0 saturated heterocycles. The van der Waals surface area contributed by atoms with Gasteiger partial charge in [0.1, 0.15) is 30.1 Å². The molecular formula is C24H25ClF2N4O4. The number of aromatic nitrogens is 1. The Hall–Kier alpha value is -3.34. The number of carbonyl (C=O) groups is 2. The maximum absolute atomic E-state index is 13.7. The van der Waals surface area contributed by atoms with Crippen molar-refractivity contribution in [1.29, 1.82) is 0 Å². The molecule has 1 atom stereocenters. The predicted molar refractivity (Wildman–Crippen MR) is 128 cm³/mol. The lowest BCUT2D eigenvalue weighted by Gasteiger charge is -2.31. The first kappa shape index (κ1) is 26.3. The molecule has 1 heterocycles. The summed E-state index contributed by atoms with van der Waals surface area (Å²) in [6.07, 6.45) is 0.688. The number of anilines is 1. The van der Waals surface area contributed by atoms with Gasteiger partial charge in [0.05, 0.1) is 11.6 Å². The second-order valence-electron chi connectivity index (χ2n) is 7.53. The van der Waals surface area contributed by atoms with Crippen LogP contribution in [0, 0.1) is 11.6 Å². The minimum Gasteiger partial charge on any atom is -0.447 e. The molecule has 0 aliphatic heterocycles. The van der Waals surface area contributed by atoms with Crippen molar-refractivity contribution >= 4 is 40.2 Å². The van der Waals surface area contributed by atoms with E-state index in [1.165, 1.54) is 48.5 Å². The van der Waals surface area contributed by atoms with Crippen LogP contribution in [0.25, 0.3) is 10.8 Å². The SMILES string of the molecule is CCOC[C@@H](COC(=O)Nc1cc2cc(F)ccc2cn1)N(NCc1cccc(F)c1Cl)C(C)=O. The Morgan fingerprint density at radius 2 is 1.94 bits per heavy atom. The van der Waals surface area contributed by atoms with Crippen molar-refractivity contribution < 1.29 is 27.8 Å². The molecule has 186 valence electrons. The fraction of sp³-hybridized carbons (Fsp3) is 0.292. The number of halogens is 3. The van der Waals surface area contributed by atoms with Gasteiger partial charge in [0.15, 0.2) is 0 Å². The van der Waals surface area contributed by atoms with E-state index in [4.69, 9.17) is 21.1 Å². The Labute approximate surface area is 206 Å². The third kappa shape index (κ3) is 7.32. The van der Waals surface area contributed by atoms with E-state index in [-0.39, 0.29) is 36.5 Å². The Morgan fingerprint density at radius 1 is 1.14 bits per heavy atom. The van der Waals surface area contributed by atoms with Gasteiger partial charge in [-0.25, -0.2) is 24.0 Å². The summed E-state index contributed by atoms with van der Waals surface area (Å²) >= 11 is 6.00. The summed E-state index contributed by atoms with van der Waals surface area (Å²) in [6, 6.07) is 9.43. The summed E-state index contributed by atoms with van der Waals surface area (Å²) in [5.41, 5.74) is 3.35. The van der Waals surface area contributed by atoms with Gasteiger partial charge in [-0.3, -0.25) is 15.1 Å². The molecule has 3 aromatic rings. The number of benzene rings is 2. The molecule has 2 aromatic carbocycles. The number of nitrogens with one attached hydrogen (secondary N) is 2. The maximum Gasteiger partial charge on any atom is 0.412 e. The van der Waals surface area contributed by atoms with Crippen molar-refractivity contribution in [2.45, 2.75) is 26.4 Å². The second-order valence-corrected chi connectivity index (χ2v) is 7.91. The molecule has 35 heavy (non-hydrogen) atoms. The monoisotopic (exact) mass is 506 g/mol. The molecule has 0 saturated carbocycles. The Balaban J connectivity index is 1.65. The van der Waals surface area contributed by atoms with Crippen LogP contribution in [0.1, 0.15) is 19.4 Å². The lowest BCUT2D eigenvalue weighted by Crippen LogP contribution is -2.52. The summed E-state index contributed by atoms with van der Waals surface area (Å²) in [7, 11) is 0. The highest BCUT2D eigenvalue weighted by Crippen LogP contribution is 2.20. The number of carbonyl (C=O) groups excluding carboxylic acids is 2. The zero-order valence-electron chi connectivity index (χ0n) is 19.2. The zero-order valence-corrected chi connectivity index (χ0v) is 19.9. The lowest BCUT2D eigenvalue weighted by molar-refractivity contribution is -0.138. The van der Waals surface area contributed by atoms with Crippen LogP contribution < -0.4 is 10.7 Å². The number of hydrazine groups is 1. The van der Waals surface area contributed by atoms with E-state index in [2.05, 4.69) is 15.7 Å². The van der Waals surface area contributed by atoms with E-state index in [1.807, 2.05) is 0 Å². The van der Waals surface area contributed by atoms with E-state index in [1.54, 1.807) is 19.1 Å². The van der Waals surface area contributed by atoms with Gasteiger partial charge in [0.25, 0.3) is 0 Å². The molecule has 0 aliphatic rings. The van der Waals surface area contributed by atoms with Gasteiger partial charge in [-0.1, -0.05) is 23.7 Å². The summed E-state index contributed by atoms with van der Waals surface area (Å²) in [5, 5.41) is 4.96. The zero-order chi connectivity index (χ0) is 25.4. The number of rotatable bonds is 10. The van der Waals surface area contributed by atoms with Gasteiger partial charge in [0.2, 0.25) is 5.91 Å². The fourth-order valence-corrected chi connectivity index (χ4v) is 3.49. The topological polar surface area (TPSA) is 92.8 Å². The van der Waals surface area contributed by atoms with Gasteiger partial charge < -0.3 is 9.47 Å². The third-order valence-corrected chi connectivity index (χ3v) is 5.43. The van der Waals surface area contributed by atoms with E-state index < -0.39 is 23.8 Å². The number of hydrogen-bond acceptors (Lipinski definition) is 6. The Morgan fingerprint density at radius 3 is 2.69 bits per heavy atom. The summed E-state index contributed by atoms with van der Waals surface area (Å²) < 4.78 is 38.0. The first-order chi connectivity index (χ1) is 16.8. The van der Waals surface area contributed by atoms with Gasteiger partial charge in [-0.05, 0) is 48.2 Å². The van der Waals surface area contributed by atoms with E-state index in [0.29, 0.717) is 22.9 Å². The highest BCUT2D eigenvalue weighted by Gasteiger charge is 2.24. The number of amides is 2. The van der Waals surface area contributed by atoms with Crippen LogP contribution in [0.3, 0.4) is 0 Å². The first-order valence-electron chi connectivity index (χ1n) is 10.8. The molecule has 1 aromatic heterocycles. The molecule has 8 nitrogen and oxygen atoms in total. The Kier molecular flexibility index (Phi) is 9.30. The van der Waals surface area contributed by atoms with E-state index in [9.17, 15) is 18.4 Å². The molecule has 0 fully saturated rings. The largest absolute Gasteiger partial charge is 0.447 e. The highest BCUT2D eigenvalue weighted by molar-refractivity contribution is 6.31. The number of fused-ring (bicyclic) bond motifs is 1. The van der Waals surface area contributed by atoms with Gasteiger partial charge in [-0.15, -0.1) is 0 Å². The highest BCUT2D eigenvalue weighted by atomic mass is 35.5. The molecule has 11 heteroatoms. The maximum atomic E-state index is 13.7. The number of pyridine rings is 1. The minimum absolute atomic E-state index is 0.0525. The molecular weight excluding hydrogens is 482 g/mol. The lowest BCUT2D eigenvalue weighted by atomic mass is 10.2. The van der Waals surface area contributed by atoms with Crippen molar-refractivity contribution in [2.75, 3.05) is 25.1 Å². The van der Waals surface area contributed by atoms with Crippen LogP contribution in [0.15, 0.2) is 48.7 Å². The van der Waals surface area contributed by atoms with Crippen LogP contribution in [0.5, 0.6) is 0 Å². The first-order valence-corrected chi connectivity index (χ1v) is 11.2. The smallest absolute Gasteiger partial charge is 0.412 e. The normalized spacial score (nSPS) is 11.8. The van der Waals surface area contributed by atoms with Crippen LogP contribution in [-0.2, 0) is 20.8 Å². The number of hydrogen-bond donors (Lipinski definition) is 2. The predicted octanol–water partition coefficient (Wildman–Crippen LogP) is 4.67. The summed E-state index contributed by atoms with van der Waals surface area (Å²) in [6.45, 7) is 3.41. The van der Waals surface area contributed by atoms with Crippen LogP contribution >= 0.6 is 11.6 Å². The van der Waals surface area contributed by atoms with Crippen molar-refractivity contribution in [3.05, 3.63) is 70.9 Å². The van der Waals surface area contributed by atoms with Gasteiger partial charge in [0, 0.05) is 31.7 Å². The summed E-state index contributed by atoms with van der Waals surface area (Å²) in [4.78, 5) is 28.8. The molecule has 0 radical (unpaired) electrons. The number of ether oxygens (including phenoxy) is 2. The average molecular weight is 507 g/mol. The van der Waals surface area contributed by atoms with Crippen molar-refractivity contribution in [2.24, 2.45) is 0 Å². The molecule has 3 rings (SSSR count). The molecule has 0 aliphatic carbocycles. The van der Waals surface area contributed by atoms with Gasteiger partial charge in [-0.2, -0.15) is 0 Å². The minimum atomic E-state index is -0.813.